The van der Waals surface area contributed by atoms with Crippen LogP contribution in [0.25, 0.3) is 6.08 Å². The van der Waals surface area contributed by atoms with Crippen molar-refractivity contribution in [2.24, 2.45) is 5.92 Å². The fourth-order valence-electron chi connectivity index (χ4n) is 2.96. The van der Waals surface area contributed by atoms with Crippen LogP contribution in [0.15, 0.2) is 23.5 Å². The fourth-order valence-corrected chi connectivity index (χ4v) is 2.96. The van der Waals surface area contributed by atoms with Gasteiger partial charge in [0.15, 0.2) is 0 Å². The van der Waals surface area contributed by atoms with E-state index in [4.69, 9.17) is 0 Å². The molecular weight excluding hydrogens is 200 g/mol. The SMILES string of the molecule is C=Cc1ccc2n(c1=O)C[C@H]1CNC[C@@H]2C1. The first kappa shape index (κ1) is 9.85. The van der Waals surface area contributed by atoms with E-state index >= 15 is 0 Å². The van der Waals surface area contributed by atoms with Crippen LogP contribution in [0.1, 0.15) is 23.6 Å². The maximum absolute atomic E-state index is 12.1. The Labute approximate surface area is 94.8 Å². The molecule has 2 atom stereocenters. The van der Waals surface area contributed by atoms with Gasteiger partial charge in [-0.2, -0.15) is 0 Å². The van der Waals surface area contributed by atoms with Gasteiger partial charge in [0, 0.05) is 30.3 Å². The number of piperidine rings is 1. The molecule has 0 radical (unpaired) electrons. The zero-order valence-electron chi connectivity index (χ0n) is 9.28. The smallest absolute Gasteiger partial charge is 0.258 e. The topological polar surface area (TPSA) is 34.0 Å². The summed E-state index contributed by atoms with van der Waals surface area (Å²) in [6, 6.07) is 3.99. The minimum Gasteiger partial charge on any atom is -0.316 e. The minimum atomic E-state index is 0.129. The molecule has 0 unspecified atom stereocenters. The van der Waals surface area contributed by atoms with Crippen LogP contribution < -0.4 is 10.9 Å². The second kappa shape index (κ2) is 3.59. The molecule has 3 heteroatoms. The first-order chi connectivity index (χ1) is 7.79. The average Bonchev–Trinajstić information content (AvgIpc) is 2.31. The van der Waals surface area contributed by atoms with Gasteiger partial charge in [-0.05, 0) is 31.0 Å². The first-order valence-electron chi connectivity index (χ1n) is 5.86. The summed E-state index contributed by atoms with van der Waals surface area (Å²) in [5.74, 6) is 1.13. The van der Waals surface area contributed by atoms with Gasteiger partial charge >= 0.3 is 0 Å². The van der Waals surface area contributed by atoms with E-state index in [0.29, 0.717) is 11.8 Å². The lowest BCUT2D eigenvalue weighted by molar-refractivity contribution is 0.257. The summed E-state index contributed by atoms with van der Waals surface area (Å²) in [7, 11) is 0. The van der Waals surface area contributed by atoms with Crippen molar-refractivity contribution in [1.82, 2.24) is 9.88 Å². The van der Waals surface area contributed by atoms with E-state index in [2.05, 4.69) is 18.0 Å². The van der Waals surface area contributed by atoms with Crippen LogP contribution in [-0.4, -0.2) is 17.7 Å². The Hall–Kier alpha value is -1.35. The molecule has 0 spiro atoms. The van der Waals surface area contributed by atoms with Gasteiger partial charge in [0.05, 0.1) is 0 Å². The summed E-state index contributed by atoms with van der Waals surface area (Å²) in [5.41, 5.74) is 2.04. The summed E-state index contributed by atoms with van der Waals surface area (Å²) in [5, 5.41) is 3.44. The van der Waals surface area contributed by atoms with Gasteiger partial charge in [-0.15, -0.1) is 0 Å². The molecular formula is C13H16N2O. The highest BCUT2D eigenvalue weighted by molar-refractivity contribution is 5.45. The van der Waals surface area contributed by atoms with Gasteiger partial charge in [0.2, 0.25) is 0 Å². The highest BCUT2D eigenvalue weighted by atomic mass is 16.1. The molecule has 1 aromatic rings. The number of rotatable bonds is 1. The lowest BCUT2D eigenvalue weighted by Crippen LogP contribution is -2.45. The van der Waals surface area contributed by atoms with Crippen LogP contribution in [0.4, 0.5) is 0 Å². The van der Waals surface area contributed by atoms with Crippen LogP contribution in [0.3, 0.4) is 0 Å². The molecule has 3 rings (SSSR count). The van der Waals surface area contributed by atoms with Crippen LogP contribution in [0.2, 0.25) is 0 Å². The zero-order chi connectivity index (χ0) is 11.1. The fraction of sp³-hybridized carbons (Fsp3) is 0.462. The summed E-state index contributed by atoms with van der Waals surface area (Å²) in [6.07, 6.45) is 2.87. The van der Waals surface area contributed by atoms with Crippen molar-refractivity contribution >= 4 is 6.08 Å². The molecule has 0 aromatic carbocycles. The Morgan fingerprint density at radius 2 is 2.31 bits per heavy atom. The zero-order valence-corrected chi connectivity index (χ0v) is 9.28. The second-order valence-electron chi connectivity index (χ2n) is 4.79. The Balaban J connectivity index is 2.16. The van der Waals surface area contributed by atoms with E-state index in [9.17, 15) is 4.79 Å². The Kier molecular flexibility index (Phi) is 2.21. The molecule has 1 N–H and O–H groups in total. The van der Waals surface area contributed by atoms with Crippen LogP contribution in [-0.2, 0) is 6.54 Å². The number of hydrogen-bond acceptors (Lipinski definition) is 2. The van der Waals surface area contributed by atoms with E-state index < -0.39 is 0 Å². The van der Waals surface area contributed by atoms with Crippen LogP contribution in [0.5, 0.6) is 0 Å². The van der Waals surface area contributed by atoms with Crippen LogP contribution in [0, 0.1) is 5.92 Å². The van der Waals surface area contributed by atoms with Crippen molar-refractivity contribution in [2.45, 2.75) is 18.9 Å². The molecule has 3 nitrogen and oxygen atoms in total. The Morgan fingerprint density at radius 3 is 3.12 bits per heavy atom. The molecule has 1 saturated heterocycles. The minimum absolute atomic E-state index is 0.129. The van der Waals surface area contributed by atoms with Crippen molar-refractivity contribution in [3.63, 3.8) is 0 Å². The molecule has 3 heterocycles. The Bertz CT molecular complexity index is 489. The van der Waals surface area contributed by atoms with E-state index in [-0.39, 0.29) is 5.56 Å². The largest absolute Gasteiger partial charge is 0.316 e. The standard InChI is InChI=1S/C13H16N2O/c1-2-10-3-4-12-11-5-9(6-14-7-11)8-15(12)13(10)16/h2-4,9,11,14H,1,5-8H2/t9-,11+/m1/s1. The normalized spacial score (nSPS) is 27.2. The van der Waals surface area contributed by atoms with Crippen molar-refractivity contribution in [2.75, 3.05) is 13.1 Å². The number of nitrogens with zero attached hydrogens (tertiary/aromatic N) is 1. The number of aromatic nitrogens is 1. The van der Waals surface area contributed by atoms with Crippen molar-refractivity contribution in [3.8, 4) is 0 Å². The van der Waals surface area contributed by atoms with Crippen molar-refractivity contribution in [1.29, 1.82) is 0 Å². The number of nitrogens with one attached hydrogen (secondary N) is 1. The van der Waals surface area contributed by atoms with Crippen molar-refractivity contribution < 1.29 is 0 Å². The van der Waals surface area contributed by atoms with E-state index in [1.807, 2.05) is 10.6 Å². The molecule has 84 valence electrons. The molecule has 16 heavy (non-hydrogen) atoms. The molecule has 1 aromatic heterocycles. The lowest BCUT2D eigenvalue weighted by Gasteiger charge is -2.37. The van der Waals surface area contributed by atoms with Gasteiger partial charge < -0.3 is 9.88 Å². The number of hydrogen-bond donors (Lipinski definition) is 1. The van der Waals surface area contributed by atoms with Gasteiger partial charge in [-0.25, -0.2) is 0 Å². The van der Waals surface area contributed by atoms with E-state index in [1.54, 1.807) is 6.08 Å². The molecule has 0 amide bonds. The number of fused-ring (bicyclic) bond motifs is 4. The van der Waals surface area contributed by atoms with E-state index in [0.717, 1.165) is 25.2 Å². The second-order valence-corrected chi connectivity index (χ2v) is 4.79. The molecule has 2 aliphatic heterocycles. The summed E-state index contributed by atoms with van der Waals surface area (Å²) in [4.78, 5) is 12.1. The summed E-state index contributed by atoms with van der Waals surface area (Å²) < 4.78 is 1.96. The highest BCUT2D eigenvalue weighted by Gasteiger charge is 2.30. The van der Waals surface area contributed by atoms with Gasteiger partial charge in [-0.1, -0.05) is 12.7 Å². The third-order valence-corrected chi connectivity index (χ3v) is 3.76. The van der Waals surface area contributed by atoms with Crippen LogP contribution >= 0.6 is 0 Å². The molecule has 0 saturated carbocycles. The third-order valence-electron chi connectivity index (χ3n) is 3.76. The van der Waals surface area contributed by atoms with Gasteiger partial charge in [0.1, 0.15) is 0 Å². The maximum Gasteiger partial charge on any atom is 0.258 e. The molecule has 0 aliphatic carbocycles. The van der Waals surface area contributed by atoms with Gasteiger partial charge in [0.25, 0.3) is 5.56 Å². The summed E-state index contributed by atoms with van der Waals surface area (Å²) in [6.45, 7) is 6.59. The highest BCUT2D eigenvalue weighted by Crippen LogP contribution is 2.31. The molecule has 1 fully saturated rings. The first-order valence-corrected chi connectivity index (χ1v) is 5.86. The number of pyridine rings is 1. The Morgan fingerprint density at radius 1 is 1.44 bits per heavy atom. The predicted molar refractivity (Wildman–Crippen MR) is 64.5 cm³/mol. The monoisotopic (exact) mass is 216 g/mol. The summed E-state index contributed by atoms with van der Waals surface area (Å²) >= 11 is 0. The third kappa shape index (κ3) is 1.35. The lowest BCUT2D eigenvalue weighted by atomic mass is 9.84. The van der Waals surface area contributed by atoms with Gasteiger partial charge in [-0.3, -0.25) is 4.79 Å². The van der Waals surface area contributed by atoms with E-state index in [1.165, 1.54) is 12.1 Å². The maximum atomic E-state index is 12.1. The predicted octanol–water partition coefficient (Wildman–Crippen LogP) is 1.20. The quantitative estimate of drug-likeness (QED) is 0.765. The van der Waals surface area contributed by atoms with Crippen molar-refractivity contribution in [3.05, 3.63) is 40.3 Å². The molecule has 2 bridgehead atoms. The average molecular weight is 216 g/mol. The molecule has 2 aliphatic rings.